The summed E-state index contributed by atoms with van der Waals surface area (Å²) in [5.41, 5.74) is 0. The maximum atomic E-state index is 10.5. The van der Waals surface area contributed by atoms with E-state index in [1.54, 1.807) is 0 Å². The van der Waals surface area contributed by atoms with Crippen LogP contribution in [-0.4, -0.2) is 20.8 Å². The summed E-state index contributed by atoms with van der Waals surface area (Å²) in [5.74, 6) is 4.49. The molecule has 5 heteroatoms. The van der Waals surface area contributed by atoms with Crippen LogP contribution in [0.5, 0.6) is 0 Å². The summed E-state index contributed by atoms with van der Waals surface area (Å²) in [7, 11) is -3.12. The summed E-state index contributed by atoms with van der Waals surface area (Å²) in [4.78, 5) is 4.05. The van der Waals surface area contributed by atoms with Gasteiger partial charge in [0.15, 0.2) is 9.84 Å². The van der Waals surface area contributed by atoms with Gasteiger partial charge in [-0.25, -0.2) is 14.3 Å². The fourth-order valence-corrected chi connectivity index (χ4v) is 0.743. The van der Waals surface area contributed by atoms with E-state index in [2.05, 4.69) is 17.3 Å². The van der Waals surface area contributed by atoms with Crippen LogP contribution in [0, 0.1) is 0 Å². The predicted molar refractivity (Wildman–Crippen MR) is 34.1 cm³/mol. The molecule has 0 aromatic heterocycles. The van der Waals surface area contributed by atoms with E-state index in [-0.39, 0.29) is 12.4 Å². The molecule has 0 fully saturated rings. The molecule has 54 valence electrons. The van der Waals surface area contributed by atoms with Crippen LogP contribution >= 0.6 is 0 Å². The molecule has 0 saturated heterocycles. The van der Waals surface area contributed by atoms with Crippen LogP contribution in [0.4, 0.5) is 0 Å². The van der Waals surface area contributed by atoms with Gasteiger partial charge >= 0.3 is 0 Å². The zero-order valence-electron chi connectivity index (χ0n) is 4.91. The lowest BCUT2D eigenvalue weighted by molar-refractivity contribution is 0.154. The fourth-order valence-electron chi connectivity index (χ4n) is 0.248. The third-order valence-electron chi connectivity index (χ3n) is 0.740. The smallest absolute Gasteiger partial charge is 0.173 e. The van der Waals surface area contributed by atoms with Crippen molar-refractivity contribution in [2.75, 3.05) is 12.4 Å². The molecule has 2 N–H and O–H groups in total. The average Bonchev–Trinajstić information content (AvgIpc) is 1.84. The Hall–Kier alpha value is -0.390. The molecule has 0 radical (unpaired) electrons. The molecule has 0 rings (SSSR count). The van der Waals surface area contributed by atoms with E-state index in [0.717, 1.165) is 5.41 Å². The summed E-state index contributed by atoms with van der Waals surface area (Å²) in [5, 5.41) is 0.881. The highest BCUT2D eigenvalue weighted by molar-refractivity contribution is 7.94. The molecule has 0 aliphatic heterocycles. The van der Waals surface area contributed by atoms with Crippen LogP contribution < -0.4 is 5.90 Å². The van der Waals surface area contributed by atoms with Crippen molar-refractivity contribution in [2.24, 2.45) is 5.90 Å². The Kier molecular flexibility index (Phi) is 3.44. The fraction of sp³-hybridized carbons (Fsp3) is 0.500. The molecule has 0 amide bonds. The maximum Gasteiger partial charge on any atom is 0.173 e. The highest BCUT2D eigenvalue weighted by Crippen LogP contribution is 1.88. The van der Waals surface area contributed by atoms with E-state index in [1.165, 1.54) is 0 Å². The highest BCUT2D eigenvalue weighted by Gasteiger charge is 2.02. The molecule has 0 atom stereocenters. The molecular formula is C4H9NO3S. The maximum absolute atomic E-state index is 10.5. The quantitative estimate of drug-likeness (QED) is 0.546. The Morgan fingerprint density at radius 1 is 1.67 bits per heavy atom. The number of rotatable bonds is 4. The van der Waals surface area contributed by atoms with Crippen molar-refractivity contribution in [2.45, 2.75) is 0 Å². The highest BCUT2D eigenvalue weighted by atomic mass is 32.2. The van der Waals surface area contributed by atoms with Crippen LogP contribution in [0.15, 0.2) is 12.0 Å². The van der Waals surface area contributed by atoms with Gasteiger partial charge < -0.3 is 4.84 Å². The number of nitrogens with two attached hydrogens (primary N) is 1. The number of hydrogen-bond donors (Lipinski definition) is 1. The van der Waals surface area contributed by atoms with E-state index in [9.17, 15) is 8.42 Å². The zero-order chi connectivity index (χ0) is 7.33. The van der Waals surface area contributed by atoms with Gasteiger partial charge in [0, 0.05) is 5.41 Å². The van der Waals surface area contributed by atoms with Gasteiger partial charge in [-0.2, -0.15) is 0 Å². The normalized spacial score (nSPS) is 11.2. The largest absolute Gasteiger partial charge is 0.304 e. The summed E-state index contributed by atoms with van der Waals surface area (Å²) >= 11 is 0. The third-order valence-corrected chi connectivity index (χ3v) is 1.98. The molecule has 9 heavy (non-hydrogen) atoms. The second kappa shape index (κ2) is 3.60. The van der Waals surface area contributed by atoms with E-state index < -0.39 is 9.84 Å². The molecule has 0 spiro atoms. The molecule has 0 aromatic rings. The van der Waals surface area contributed by atoms with Crippen molar-refractivity contribution in [3.63, 3.8) is 0 Å². The first-order valence-corrected chi connectivity index (χ1v) is 4.01. The monoisotopic (exact) mass is 151 g/mol. The van der Waals surface area contributed by atoms with Crippen molar-refractivity contribution < 1.29 is 13.3 Å². The molecule has 0 aliphatic rings. The number of hydrogen-bond acceptors (Lipinski definition) is 4. The van der Waals surface area contributed by atoms with E-state index in [1.807, 2.05) is 0 Å². The SMILES string of the molecule is C=CS(=O)(=O)CCON. The second-order valence-electron chi connectivity index (χ2n) is 1.40. The topological polar surface area (TPSA) is 69.4 Å². The zero-order valence-corrected chi connectivity index (χ0v) is 5.73. The van der Waals surface area contributed by atoms with Gasteiger partial charge in [-0.1, -0.05) is 6.58 Å². The Labute approximate surface area is 54.2 Å². The molecule has 0 bridgehead atoms. The van der Waals surface area contributed by atoms with Gasteiger partial charge in [0.2, 0.25) is 0 Å². The minimum absolute atomic E-state index is 0.00829. The second-order valence-corrected chi connectivity index (χ2v) is 3.47. The average molecular weight is 151 g/mol. The first kappa shape index (κ1) is 8.61. The van der Waals surface area contributed by atoms with E-state index >= 15 is 0 Å². The summed E-state index contributed by atoms with van der Waals surface area (Å²) in [6.07, 6.45) is 0. The van der Waals surface area contributed by atoms with Crippen molar-refractivity contribution in [1.29, 1.82) is 0 Å². The van der Waals surface area contributed by atoms with Crippen molar-refractivity contribution in [3.05, 3.63) is 12.0 Å². The van der Waals surface area contributed by atoms with Gasteiger partial charge in [0.1, 0.15) is 0 Å². The van der Waals surface area contributed by atoms with Crippen LogP contribution in [0.1, 0.15) is 0 Å². The Morgan fingerprint density at radius 2 is 2.22 bits per heavy atom. The third kappa shape index (κ3) is 4.14. The molecule has 0 heterocycles. The lowest BCUT2D eigenvalue weighted by atomic mass is 10.9. The first-order chi connectivity index (χ1) is 4.12. The van der Waals surface area contributed by atoms with Gasteiger partial charge in [0.25, 0.3) is 0 Å². The minimum atomic E-state index is -3.12. The van der Waals surface area contributed by atoms with Crippen LogP contribution in [0.25, 0.3) is 0 Å². The van der Waals surface area contributed by atoms with Crippen molar-refractivity contribution in [1.82, 2.24) is 0 Å². The number of sulfone groups is 1. The van der Waals surface area contributed by atoms with Crippen LogP contribution in [-0.2, 0) is 14.7 Å². The van der Waals surface area contributed by atoms with Crippen molar-refractivity contribution >= 4 is 9.84 Å². The molecular weight excluding hydrogens is 142 g/mol. The van der Waals surface area contributed by atoms with Gasteiger partial charge in [-0.15, -0.1) is 0 Å². The minimum Gasteiger partial charge on any atom is -0.304 e. The first-order valence-electron chi connectivity index (χ1n) is 2.29. The summed E-state index contributed by atoms with van der Waals surface area (Å²) < 4.78 is 21.0. The summed E-state index contributed by atoms with van der Waals surface area (Å²) in [6.45, 7) is 3.11. The Morgan fingerprint density at radius 3 is 2.56 bits per heavy atom. The van der Waals surface area contributed by atoms with Gasteiger partial charge in [-0.05, 0) is 0 Å². The molecule has 0 unspecified atom stereocenters. The van der Waals surface area contributed by atoms with Gasteiger partial charge in [-0.3, -0.25) is 0 Å². The van der Waals surface area contributed by atoms with Gasteiger partial charge in [0.05, 0.1) is 12.4 Å². The molecule has 4 nitrogen and oxygen atoms in total. The Bertz CT molecular complexity index is 172. The van der Waals surface area contributed by atoms with E-state index in [0.29, 0.717) is 0 Å². The molecule has 0 saturated carbocycles. The lowest BCUT2D eigenvalue weighted by Crippen LogP contribution is -2.11. The lowest BCUT2D eigenvalue weighted by Gasteiger charge is -1.93. The molecule has 0 aromatic carbocycles. The molecule has 0 aliphatic carbocycles. The van der Waals surface area contributed by atoms with Crippen LogP contribution in [0.2, 0.25) is 0 Å². The Balaban J connectivity index is 3.75. The van der Waals surface area contributed by atoms with Crippen molar-refractivity contribution in [3.8, 4) is 0 Å². The predicted octanol–water partition coefficient (Wildman–Crippen LogP) is -0.565. The standard InChI is InChI=1S/C4H9NO3S/c1-2-9(6,7)4-3-8-5/h2H,1,3-5H2. The summed E-state index contributed by atoms with van der Waals surface area (Å²) in [6, 6.07) is 0. The van der Waals surface area contributed by atoms with Crippen LogP contribution in [0.3, 0.4) is 0 Å². The van der Waals surface area contributed by atoms with E-state index in [4.69, 9.17) is 0 Å².